The van der Waals surface area contributed by atoms with Gasteiger partial charge in [0, 0.05) is 0 Å². The normalized spacial score (nSPS) is 10.5. The van der Waals surface area contributed by atoms with Gasteiger partial charge in [-0.25, -0.2) is 9.78 Å². The van der Waals surface area contributed by atoms with E-state index in [0.717, 1.165) is 27.8 Å². The Labute approximate surface area is 144 Å². The molecule has 1 amide bonds. The zero-order valence-corrected chi connectivity index (χ0v) is 14.7. The summed E-state index contributed by atoms with van der Waals surface area (Å²) in [7, 11) is 1.27. The highest BCUT2D eigenvalue weighted by atomic mass is 32.2. The van der Waals surface area contributed by atoms with E-state index in [9.17, 15) is 14.4 Å². The van der Waals surface area contributed by atoms with Gasteiger partial charge in [-0.15, -0.1) is 10.2 Å². The van der Waals surface area contributed by atoms with E-state index >= 15 is 0 Å². The zero-order chi connectivity index (χ0) is 17.9. The molecule has 2 rings (SSSR count). The number of thiazole rings is 1. The average Bonchev–Trinajstić information content (AvgIpc) is 2.91. The Hall–Kier alpha value is -2.47. The summed E-state index contributed by atoms with van der Waals surface area (Å²) in [5, 5.41) is 10.4. The molecule has 24 heavy (non-hydrogen) atoms. The van der Waals surface area contributed by atoms with Gasteiger partial charge in [-0.05, 0) is 13.8 Å². The number of carbonyl (C=O) groups is 2. The molecule has 0 bridgehead atoms. The first-order chi connectivity index (χ1) is 11.3. The van der Waals surface area contributed by atoms with E-state index in [1.54, 1.807) is 6.92 Å². The number of rotatable bonds is 5. The molecule has 2 aromatic heterocycles. The van der Waals surface area contributed by atoms with Gasteiger partial charge in [-0.1, -0.05) is 23.1 Å². The monoisotopic (exact) mass is 370 g/mol. The number of hydrogen-bond donors (Lipinski definition) is 2. The SMILES string of the molecule is COC(=O)c1sc(NC(=O)CSc2nnc(C)c(=O)n2N)nc1C. The number of anilines is 1. The molecular formula is C12H14N6O4S2. The van der Waals surface area contributed by atoms with Gasteiger partial charge in [0.15, 0.2) is 5.13 Å². The Morgan fingerprint density at radius 3 is 2.71 bits per heavy atom. The second-order valence-corrected chi connectivity index (χ2v) is 6.45. The van der Waals surface area contributed by atoms with E-state index in [-0.39, 0.29) is 27.6 Å². The average molecular weight is 370 g/mol. The number of hydrogen-bond acceptors (Lipinski definition) is 10. The zero-order valence-electron chi connectivity index (χ0n) is 13.0. The molecule has 0 aromatic carbocycles. The number of amides is 1. The Bertz CT molecular complexity index is 847. The van der Waals surface area contributed by atoms with Crippen LogP contribution in [0.2, 0.25) is 0 Å². The number of aryl methyl sites for hydroxylation is 2. The molecule has 0 radical (unpaired) electrons. The predicted octanol–water partition coefficient (Wildman–Crippen LogP) is -0.0572. The van der Waals surface area contributed by atoms with Gasteiger partial charge < -0.3 is 15.9 Å². The largest absolute Gasteiger partial charge is 0.465 e. The van der Waals surface area contributed by atoms with Crippen LogP contribution in [0.1, 0.15) is 21.1 Å². The fourth-order valence-corrected chi connectivity index (χ4v) is 3.14. The third kappa shape index (κ3) is 3.89. The summed E-state index contributed by atoms with van der Waals surface area (Å²) in [6.45, 7) is 3.13. The van der Waals surface area contributed by atoms with Crippen molar-refractivity contribution in [3.05, 3.63) is 26.6 Å². The summed E-state index contributed by atoms with van der Waals surface area (Å²) >= 11 is 1.97. The summed E-state index contributed by atoms with van der Waals surface area (Å²) in [5.41, 5.74) is 0.154. The van der Waals surface area contributed by atoms with E-state index in [4.69, 9.17) is 5.84 Å². The number of nitrogens with one attached hydrogen (secondary N) is 1. The van der Waals surface area contributed by atoms with Gasteiger partial charge in [0.2, 0.25) is 11.1 Å². The number of thioether (sulfide) groups is 1. The first kappa shape index (κ1) is 17.9. The van der Waals surface area contributed by atoms with Crippen LogP contribution in [-0.4, -0.2) is 44.6 Å². The van der Waals surface area contributed by atoms with Crippen molar-refractivity contribution in [3.63, 3.8) is 0 Å². The Balaban J connectivity index is 2.01. The summed E-state index contributed by atoms with van der Waals surface area (Å²) in [6.07, 6.45) is 0. The maximum Gasteiger partial charge on any atom is 0.350 e. The molecule has 0 fully saturated rings. The first-order valence-electron chi connectivity index (χ1n) is 6.53. The first-order valence-corrected chi connectivity index (χ1v) is 8.33. The van der Waals surface area contributed by atoms with Crippen LogP contribution in [0.5, 0.6) is 0 Å². The van der Waals surface area contributed by atoms with Gasteiger partial charge in [0.25, 0.3) is 5.56 Å². The van der Waals surface area contributed by atoms with Gasteiger partial charge in [-0.3, -0.25) is 9.59 Å². The Morgan fingerprint density at radius 1 is 1.33 bits per heavy atom. The molecule has 2 heterocycles. The molecular weight excluding hydrogens is 356 g/mol. The lowest BCUT2D eigenvalue weighted by atomic mass is 10.4. The van der Waals surface area contributed by atoms with Crippen LogP contribution >= 0.6 is 23.1 Å². The molecule has 2 aromatic rings. The third-order valence-corrected chi connectivity index (χ3v) is 4.76. The van der Waals surface area contributed by atoms with Crippen LogP contribution in [0, 0.1) is 13.8 Å². The van der Waals surface area contributed by atoms with Crippen molar-refractivity contribution in [3.8, 4) is 0 Å². The molecule has 0 spiro atoms. The second-order valence-electron chi connectivity index (χ2n) is 4.51. The van der Waals surface area contributed by atoms with Gasteiger partial charge in [0.05, 0.1) is 18.6 Å². The number of nitrogens with zero attached hydrogens (tertiary/aromatic N) is 4. The lowest BCUT2D eigenvalue weighted by Crippen LogP contribution is -2.32. The second kappa shape index (κ2) is 7.40. The Kier molecular flexibility index (Phi) is 5.51. The van der Waals surface area contributed by atoms with Crippen LogP contribution < -0.4 is 16.7 Å². The molecule has 128 valence electrons. The predicted molar refractivity (Wildman–Crippen MR) is 88.7 cm³/mol. The van der Waals surface area contributed by atoms with Crippen LogP contribution in [0.25, 0.3) is 0 Å². The fourth-order valence-electron chi connectivity index (χ4n) is 1.59. The molecule has 0 unspecified atom stereocenters. The molecule has 0 atom stereocenters. The molecule has 0 aliphatic heterocycles. The fraction of sp³-hybridized carbons (Fsp3) is 0.333. The summed E-state index contributed by atoms with van der Waals surface area (Å²) in [4.78, 5) is 39.5. The molecule has 0 aliphatic rings. The van der Waals surface area contributed by atoms with Crippen molar-refractivity contribution in [2.24, 2.45) is 0 Å². The number of carbonyl (C=O) groups excluding carboxylic acids is 2. The third-order valence-electron chi connectivity index (χ3n) is 2.77. The quantitative estimate of drug-likeness (QED) is 0.420. The van der Waals surface area contributed by atoms with E-state index in [2.05, 4.69) is 25.2 Å². The van der Waals surface area contributed by atoms with E-state index in [0.29, 0.717) is 10.6 Å². The van der Waals surface area contributed by atoms with E-state index in [1.165, 1.54) is 14.0 Å². The van der Waals surface area contributed by atoms with Crippen molar-refractivity contribution < 1.29 is 14.3 Å². The smallest absolute Gasteiger partial charge is 0.350 e. The standard InChI is InChI=1S/C12H14N6O4S2/c1-5-8(10(21)22-3)24-11(14-5)15-7(19)4-23-12-17-16-6(2)9(20)18(12)13/h4,13H2,1-3H3,(H,14,15,19). The minimum atomic E-state index is -0.512. The lowest BCUT2D eigenvalue weighted by Gasteiger charge is -2.05. The van der Waals surface area contributed by atoms with Crippen LogP contribution in [-0.2, 0) is 9.53 Å². The van der Waals surface area contributed by atoms with Gasteiger partial charge in [-0.2, -0.15) is 4.68 Å². The van der Waals surface area contributed by atoms with Crippen molar-refractivity contribution in [2.75, 3.05) is 24.0 Å². The Morgan fingerprint density at radius 2 is 2.04 bits per heavy atom. The highest BCUT2D eigenvalue weighted by Crippen LogP contribution is 2.23. The molecule has 0 saturated heterocycles. The topological polar surface area (TPSA) is 142 Å². The highest BCUT2D eigenvalue weighted by molar-refractivity contribution is 7.99. The van der Waals surface area contributed by atoms with Crippen molar-refractivity contribution in [1.82, 2.24) is 19.9 Å². The number of methoxy groups -OCH3 is 1. The summed E-state index contributed by atoms with van der Waals surface area (Å²) in [5.74, 6) is 4.63. The van der Waals surface area contributed by atoms with Gasteiger partial charge >= 0.3 is 5.97 Å². The van der Waals surface area contributed by atoms with E-state index in [1.807, 2.05) is 0 Å². The van der Waals surface area contributed by atoms with E-state index < -0.39 is 11.5 Å². The number of esters is 1. The van der Waals surface area contributed by atoms with Crippen molar-refractivity contribution in [2.45, 2.75) is 19.0 Å². The number of nitrogens with two attached hydrogens (primary N) is 1. The van der Waals surface area contributed by atoms with Crippen molar-refractivity contribution in [1.29, 1.82) is 0 Å². The summed E-state index contributed by atoms with van der Waals surface area (Å²) < 4.78 is 5.46. The molecule has 3 N–H and O–H groups in total. The van der Waals surface area contributed by atoms with Crippen LogP contribution in [0.4, 0.5) is 5.13 Å². The maximum absolute atomic E-state index is 12.0. The molecule has 0 saturated carbocycles. The summed E-state index contributed by atoms with van der Waals surface area (Å²) in [6, 6.07) is 0. The molecule has 10 nitrogen and oxygen atoms in total. The maximum atomic E-state index is 12.0. The minimum absolute atomic E-state index is 0.0550. The van der Waals surface area contributed by atoms with Gasteiger partial charge in [0.1, 0.15) is 10.6 Å². The van der Waals surface area contributed by atoms with Crippen molar-refractivity contribution >= 4 is 40.1 Å². The van der Waals surface area contributed by atoms with Crippen LogP contribution in [0.3, 0.4) is 0 Å². The molecule has 12 heteroatoms. The molecule has 0 aliphatic carbocycles. The number of ether oxygens (including phenoxy) is 1. The minimum Gasteiger partial charge on any atom is -0.465 e. The van der Waals surface area contributed by atoms with Crippen LogP contribution in [0.15, 0.2) is 9.95 Å². The number of aromatic nitrogens is 4. The highest BCUT2D eigenvalue weighted by Gasteiger charge is 2.17. The number of nitrogen functional groups attached to an aromatic ring is 1. The lowest BCUT2D eigenvalue weighted by molar-refractivity contribution is -0.113.